The van der Waals surface area contributed by atoms with Gasteiger partial charge in [-0.25, -0.2) is 0 Å². The fourth-order valence-corrected chi connectivity index (χ4v) is 2.40. The average molecular weight is 350 g/mol. The van der Waals surface area contributed by atoms with Crippen LogP contribution in [0.4, 0.5) is 0 Å². The first kappa shape index (κ1) is 15.7. The fourth-order valence-electron chi connectivity index (χ4n) is 2.40. The molecule has 0 saturated carbocycles. The van der Waals surface area contributed by atoms with Crippen molar-refractivity contribution in [1.29, 1.82) is 0 Å². The molecule has 0 aliphatic rings. The molecular formula is C16H14N8O2. The zero-order valence-electron chi connectivity index (χ0n) is 13.7. The van der Waals surface area contributed by atoms with Gasteiger partial charge in [0.2, 0.25) is 0 Å². The Morgan fingerprint density at radius 2 is 2.15 bits per heavy atom. The minimum Gasteiger partial charge on any atom is -0.356 e. The lowest BCUT2D eigenvalue weighted by Gasteiger charge is -2.02. The van der Waals surface area contributed by atoms with Crippen LogP contribution in [0.2, 0.25) is 0 Å². The minimum atomic E-state index is -0.330. The zero-order valence-corrected chi connectivity index (χ0v) is 13.7. The number of aromatic amines is 1. The second-order valence-corrected chi connectivity index (χ2v) is 5.62. The average Bonchev–Trinajstić information content (AvgIpc) is 3.40. The molecule has 10 nitrogen and oxygen atoms in total. The highest BCUT2D eigenvalue weighted by atomic mass is 16.5. The predicted molar refractivity (Wildman–Crippen MR) is 89.1 cm³/mol. The number of tetrazole rings is 1. The summed E-state index contributed by atoms with van der Waals surface area (Å²) in [6.45, 7) is 2.24. The van der Waals surface area contributed by atoms with Gasteiger partial charge in [-0.1, -0.05) is 35.0 Å². The van der Waals surface area contributed by atoms with E-state index in [9.17, 15) is 4.79 Å². The van der Waals surface area contributed by atoms with Gasteiger partial charge >= 0.3 is 0 Å². The minimum absolute atomic E-state index is 0.217. The molecule has 0 bridgehead atoms. The number of nitrogens with zero attached hydrogens (tertiary/aromatic N) is 6. The normalized spacial score (nSPS) is 10.8. The molecule has 3 aromatic heterocycles. The molecule has 0 aliphatic carbocycles. The van der Waals surface area contributed by atoms with E-state index in [1.54, 1.807) is 6.07 Å². The first-order valence-corrected chi connectivity index (χ1v) is 7.78. The molecule has 3 heterocycles. The first-order chi connectivity index (χ1) is 12.7. The van der Waals surface area contributed by atoms with Crippen LogP contribution in [-0.2, 0) is 6.54 Å². The molecule has 0 radical (unpaired) electrons. The highest BCUT2D eigenvalue weighted by molar-refractivity contribution is 5.96. The van der Waals surface area contributed by atoms with Gasteiger partial charge in [0.25, 0.3) is 5.91 Å². The second kappa shape index (κ2) is 6.59. The number of rotatable bonds is 5. The van der Waals surface area contributed by atoms with E-state index in [1.165, 1.54) is 22.8 Å². The highest BCUT2D eigenvalue weighted by Crippen LogP contribution is 2.20. The summed E-state index contributed by atoms with van der Waals surface area (Å²) in [5.74, 6) is 0.698. The van der Waals surface area contributed by atoms with Crippen molar-refractivity contribution in [3.63, 3.8) is 0 Å². The third-order valence-electron chi connectivity index (χ3n) is 3.77. The molecule has 1 amide bonds. The van der Waals surface area contributed by atoms with Gasteiger partial charge in [-0.15, -0.1) is 5.10 Å². The number of aromatic nitrogens is 7. The number of hydrogen-bond donors (Lipinski definition) is 2. The molecule has 2 N–H and O–H groups in total. The van der Waals surface area contributed by atoms with E-state index in [4.69, 9.17) is 4.52 Å². The highest BCUT2D eigenvalue weighted by Gasteiger charge is 2.16. The zero-order chi connectivity index (χ0) is 17.9. The van der Waals surface area contributed by atoms with Crippen LogP contribution in [0, 0.1) is 6.92 Å². The van der Waals surface area contributed by atoms with Crippen molar-refractivity contribution < 1.29 is 9.32 Å². The van der Waals surface area contributed by atoms with Gasteiger partial charge in [-0.2, -0.15) is 9.78 Å². The second-order valence-electron chi connectivity index (χ2n) is 5.62. The molecule has 0 aliphatic heterocycles. The molecule has 26 heavy (non-hydrogen) atoms. The molecule has 0 unspecified atom stereocenters. The molecule has 4 aromatic rings. The third kappa shape index (κ3) is 3.07. The maximum absolute atomic E-state index is 12.4. The van der Waals surface area contributed by atoms with Gasteiger partial charge < -0.3 is 9.84 Å². The van der Waals surface area contributed by atoms with Crippen LogP contribution in [-0.4, -0.2) is 41.5 Å². The van der Waals surface area contributed by atoms with Gasteiger partial charge in [0.15, 0.2) is 11.6 Å². The summed E-state index contributed by atoms with van der Waals surface area (Å²) in [6, 6.07) is 9.71. The lowest BCUT2D eigenvalue weighted by atomic mass is 10.1. The summed E-state index contributed by atoms with van der Waals surface area (Å²) < 4.78 is 6.67. The molecule has 1 aromatic carbocycles. The van der Waals surface area contributed by atoms with Crippen LogP contribution in [0.15, 0.2) is 47.4 Å². The maximum Gasteiger partial charge on any atom is 0.257 e. The molecule has 0 atom stereocenters. The maximum atomic E-state index is 12.4. The quantitative estimate of drug-likeness (QED) is 0.555. The van der Waals surface area contributed by atoms with E-state index in [0.29, 0.717) is 22.8 Å². The van der Waals surface area contributed by atoms with Crippen molar-refractivity contribution in [2.75, 3.05) is 0 Å². The van der Waals surface area contributed by atoms with E-state index in [0.717, 1.165) is 5.56 Å². The number of carbonyl (C=O) groups is 1. The molecule has 130 valence electrons. The molecule has 10 heteroatoms. The van der Waals surface area contributed by atoms with Crippen molar-refractivity contribution in [2.45, 2.75) is 13.5 Å². The number of carbonyl (C=O) groups excluding carboxylic acids is 1. The predicted octanol–water partition coefficient (Wildman–Crippen LogP) is 1.28. The van der Waals surface area contributed by atoms with Crippen LogP contribution in [0.3, 0.4) is 0 Å². The van der Waals surface area contributed by atoms with Crippen LogP contribution >= 0.6 is 0 Å². The Hall–Kier alpha value is -3.82. The van der Waals surface area contributed by atoms with Crippen LogP contribution in [0.1, 0.15) is 21.6 Å². The van der Waals surface area contributed by atoms with Gasteiger partial charge in [-0.3, -0.25) is 9.89 Å². The van der Waals surface area contributed by atoms with Gasteiger partial charge in [0.05, 0.1) is 12.7 Å². The lowest BCUT2D eigenvalue weighted by molar-refractivity contribution is 0.0950. The number of H-pyrrole nitrogens is 1. The Morgan fingerprint density at radius 1 is 1.31 bits per heavy atom. The Bertz CT molecular complexity index is 1020. The summed E-state index contributed by atoms with van der Waals surface area (Å²) >= 11 is 0. The van der Waals surface area contributed by atoms with Gasteiger partial charge in [0, 0.05) is 11.6 Å². The Kier molecular flexibility index (Phi) is 3.98. The van der Waals surface area contributed by atoms with Crippen molar-refractivity contribution >= 4 is 5.91 Å². The van der Waals surface area contributed by atoms with Crippen molar-refractivity contribution in [3.05, 3.63) is 59.7 Å². The SMILES string of the molecule is Cc1ccc(-c2cc(CNC(=O)c3cn[nH]c3-n3cnnn3)no2)cc1. The summed E-state index contributed by atoms with van der Waals surface area (Å²) in [7, 11) is 0. The monoisotopic (exact) mass is 350 g/mol. The number of hydrogen-bond acceptors (Lipinski definition) is 7. The van der Waals surface area contributed by atoms with E-state index in [2.05, 4.69) is 36.2 Å². The third-order valence-corrected chi connectivity index (χ3v) is 3.77. The smallest absolute Gasteiger partial charge is 0.257 e. The van der Waals surface area contributed by atoms with Crippen molar-refractivity contribution in [1.82, 2.24) is 40.9 Å². The molecule has 4 rings (SSSR count). The number of nitrogens with one attached hydrogen (secondary N) is 2. The molecule has 0 fully saturated rings. The van der Waals surface area contributed by atoms with E-state index >= 15 is 0 Å². The van der Waals surface area contributed by atoms with Crippen molar-refractivity contribution in [3.8, 4) is 17.1 Å². The Labute approximate surface area is 147 Å². The van der Waals surface area contributed by atoms with Crippen LogP contribution < -0.4 is 5.32 Å². The van der Waals surface area contributed by atoms with E-state index in [1.807, 2.05) is 31.2 Å². The standard InChI is InChI=1S/C16H14N8O2/c1-10-2-4-11(5-3-10)14-6-12(21-26-14)7-17-16(25)13-8-18-20-15(13)24-9-19-22-23-24/h2-6,8-9H,7H2,1H3,(H,17,25)(H,18,20). The van der Waals surface area contributed by atoms with Gasteiger partial charge in [0.1, 0.15) is 17.6 Å². The number of aryl methyl sites for hydroxylation is 1. The summed E-state index contributed by atoms with van der Waals surface area (Å²) in [6.07, 6.45) is 2.78. The van der Waals surface area contributed by atoms with Crippen LogP contribution in [0.25, 0.3) is 17.1 Å². The topological polar surface area (TPSA) is 127 Å². The van der Waals surface area contributed by atoms with E-state index in [-0.39, 0.29) is 12.5 Å². The Morgan fingerprint density at radius 3 is 2.92 bits per heavy atom. The Balaban J connectivity index is 1.44. The summed E-state index contributed by atoms with van der Waals surface area (Å²) in [5.41, 5.74) is 3.02. The number of benzene rings is 1. The molecule has 0 saturated heterocycles. The van der Waals surface area contributed by atoms with E-state index < -0.39 is 0 Å². The fraction of sp³-hybridized carbons (Fsp3) is 0.125. The first-order valence-electron chi connectivity index (χ1n) is 7.78. The molecule has 0 spiro atoms. The largest absolute Gasteiger partial charge is 0.356 e. The lowest BCUT2D eigenvalue weighted by Crippen LogP contribution is -2.24. The number of amides is 1. The molecular weight excluding hydrogens is 336 g/mol. The summed E-state index contributed by atoms with van der Waals surface area (Å²) in [4.78, 5) is 12.4. The van der Waals surface area contributed by atoms with Crippen LogP contribution in [0.5, 0.6) is 0 Å². The van der Waals surface area contributed by atoms with Crippen molar-refractivity contribution in [2.24, 2.45) is 0 Å². The van der Waals surface area contributed by atoms with Gasteiger partial charge in [-0.05, 0) is 17.4 Å². The summed E-state index contributed by atoms with van der Waals surface area (Å²) in [5, 5.41) is 24.1.